The van der Waals surface area contributed by atoms with Crippen molar-refractivity contribution in [2.45, 2.75) is 58.3 Å². The van der Waals surface area contributed by atoms with Gasteiger partial charge in [-0.25, -0.2) is 4.98 Å². The third-order valence-corrected chi connectivity index (χ3v) is 3.46. The van der Waals surface area contributed by atoms with Crippen molar-refractivity contribution in [1.29, 1.82) is 0 Å². The molecule has 1 N–H and O–H groups in total. The second-order valence-corrected chi connectivity index (χ2v) is 5.07. The molecule has 0 atom stereocenters. The molecule has 2 rings (SSSR count). The van der Waals surface area contributed by atoms with E-state index in [1.165, 1.54) is 44.9 Å². The maximum Gasteiger partial charge on any atom is 0.107 e. The maximum absolute atomic E-state index is 4.60. The molecule has 0 saturated carbocycles. The van der Waals surface area contributed by atoms with E-state index in [4.69, 9.17) is 0 Å². The summed E-state index contributed by atoms with van der Waals surface area (Å²) in [5, 5.41) is 0. The predicted molar refractivity (Wildman–Crippen MR) is 88.1 cm³/mol. The molecule has 0 fully saturated rings. The summed E-state index contributed by atoms with van der Waals surface area (Å²) in [6.45, 7) is 2.27. The molecule has 3 heteroatoms. The summed E-state index contributed by atoms with van der Waals surface area (Å²) in [7, 11) is 0. The second-order valence-electron chi connectivity index (χ2n) is 5.07. The number of H-pyrrole nitrogens is 1. The van der Waals surface area contributed by atoms with Crippen LogP contribution in [0.4, 0.5) is 0 Å². The fraction of sp³-hybridized carbons (Fsp3) is 0.562. The molecule has 0 aliphatic carbocycles. The molecule has 2 nitrogen and oxygen atoms in total. The molecule has 0 unspecified atom stereocenters. The van der Waals surface area contributed by atoms with Gasteiger partial charge >= 0.3 is 0 Å². The van der Waals surface area contributed by atoms with Gasteiger partial charge in [-0.1, -0.05) is 57.6 Å². The monoisotopic (exact) mass is 324 g/mol. The Hall–Kier alpha value is -0.830. The molecule has 0 aliphatic rings. The first kappa shape index (κ1) is 16.2. The first-order chi connectivity index (χ1) is 8.90. The molecule has 0 radical (unpaired) electrons. The van der Waals surface area contributed by atoms with Gasteiger partial charge in [-0.05, 0) is 18.6 Å². The van der Waals surface area contributed by atoms with E-state index in [2.05, 4.69) is 35.1 Å². The Morgan fingerprint density at radius 3 is 2.37 bits per heavy atom. The number of aromatic nitrogens is 2. The SMILES string of the molecule is Br.CCCCCCCCCc1nc2ccccc2[nH]1. The molecule has 1 aromatic heterocycles. The molecule has 0 amide bonds. The van der Waals surface area contributed by atoms with Gasteiger partial charge in [-0.3, -0.25) is 0 Å². The van der Waals surface area contributed by atoms with Gasteiger partial charge in [0.2, 0.25) is 0 Å². The number of rotatable bonds is 8. The van der Waals surface area contributed by atoms with E-state index in [-0.39, 0.29) is 17.0 Å². The van der Waals surface area contributed by atoms with Crippen LogP contribution in [0.2, 0.25) is 0 Å². The van der Waals surface area contributed by atoms with Crippen LogP contribution in [0.5, 0.6) is 0 Å². The smallest absolute Gasteiger partial charge is 0.107 e. The zero-order valence-electron chi connectivity index (χ0n) is 11.8. The van der Waals surface area contributed by atoms with Crippen LogP contribution in [0, 0.1) is 0 Å². The lowest BCUT2D eigenvalue weighted by Crippen LogP contribution is -1.88. The van der Waals surface area contributed by atoms with Crippen molar-refractivity contribution < 1.29 is 0 Å². The van der Waals surface area contributed by atoms with Crippen LogP contribution in [-0.4, -0.2) is 9.97 Å². The molecule has 0 spiro atoms. The van der Waals surface area contributed by atoms with E-state index in [1.54, 1.807) is 0 Å². The number of imidazole rings is 1. The highest BCUT2D eigenvalue weighted by atomic mass is 79.9. The van der Waals surface area contributed by atoms with Gasteiger partial charge < -0.3 is 4.98 Å². The van der Waals surface area contributed by atoms with Gasteiger partial charge in [-0.2, -0.15) is 0 Å². The third-order valence-electron chi connectivity index (χ3n) is 3.46. The fourth-order valence-electron chi connectivity index (χ4n) is 2.37. The Labute approximate surface area is 126 Å². The number of aryl methyl sites for hydroxylation is 1. The molecule has 1 aromatic carbocycles. The minimum absolute atomic E-state index is 0. The van der Waals surface area contributed by atoms with Crippen LogP contribution in [-0.2, 0) is 6.42 Å². The zero-order valence-corrected chi connectivity index (χ0v) is 13.5. The standard InChI is InChI=1S/C16H24N2.BrH/c1-2-3-4-5-6-7-8-13-16-17-14-11-9-10-12-15(14)18-16;/h9-12H,2-8,13H2,1H3,(H,17,18);1H. The van der Waals surface area contributed by atoms with E-state index in [0.29, 0.717) is 0 Å². The molecular formula is C16H25BrN2. The number of aromatic amines is 1. The van der Waals surface area contributed by atoms with Crippen molar-refractivity contribution in [1.82, 2.24) is 9.97 Å². The number of unbranched alkanes of at least 4 members (excludes halogenated alkanes) is 6. The third kappa shape index (κ3) is 5.35. The van der Waals surface area contributed by atoms with Gasteiger partial charge in [0.25, 0.3) is 0 Å². The number of nitrogens with one attached hydrogen (secondary N) is 1. The average Bonchev–Trinajstić information content (AvgIpc) is 2.80. The number of benzene rings is 1. The first-order valence-corrected chi connectivity index (χ1v) is 7.34. The Morgan fingerprint density at radius 2 is 1.63 bits per heavy atom. The molecule has 0 bridgehead atoms. The number of hydrogen-bond acceptors (Lipinski definition) is 1. The van der Waals surface area contributed by atoms with Crippen LogP contribution < -0.4 is 0 Å². The molecule has 1 heterocycles. The predicted octanol–water partition coefficient (Wildman–Crippen LogP) is 5.43. The summed E-state index contributed by atoms with van der Waals surface area (Å²) in [5.74, 6) is 1.14. The van der Waals surface area contributed by atoms with E-state index >= 15 is 0 Å². The highest BCUT2D eigenvalue weighted by molar-refractivity contribution is 8.93. The van der Waals surface area contributed by atoms with Gasteiger partial charge in [0, 0.05) is 6.42 Å². The lowest BCUT2D eigenvalue weighted by atomic mass is 10.1. The average molecular weight is 325 g/mol. The van der Waals surface area contributed by atoms with E-state index < -0.39 is 0 Å². The van der Waals surface area contributed by atoms with Crippen molar-refractivity contribution >= 4 is 28.0 Å². The minimum Gasteiger partial charge on any atom is -0.342 e. The van der Waals surface area contributed by atoms with Crippen molar-refractivity contribution in [2.24, 2.45) is 0 Å². The minimum atomic E-state index is 0. The van der Waals surface area contributed by atoms with Gasteiger partial charge in [0.15, 0.2) is 0 Å². The number of hydrogen-bond donors (Lipinski definition) is 1. The first-order valence-electron chi connectivity index (χ1n) is 7.34. The highest BCUT2D eigenvalue weighted by Gasteiger charge is 2.01. The molecule has 0 saturated heterocycles. The lowest BCUT2D eigenvalue weighted by molar-refractivity contribution is 0.585. The molecule has 19 heavy (non-hydrogen) atoms. The Bertz CT molecular complexity index is 431. The largest absolute Gasteiger partial charge is 0.342 e. The molecule has 106 valence electrons. The normalized spacial score (nSPS) is 10.6. The van der Waals surface area contributed by atoms with Crippen LogP contribution in [0.3, 0.4) is 0 Å². The quantitative estimate of drug-likeness (QED) is 0.644. The van der Waals surface area contributed by atoms with E-state index in [1.807, 2.05) is 6.07 Å². The van der Waals surface area contributed by atoms with Crippen LogP contribution in [0.15, 0.2) is 24.3 Å². The van der Waals surface area contributed by atoms with Crippen molar-refractivity contribution in [3.05, 3.63) is 30.1 Å². The Morgan fingerprint density at radius 1 is 0.947 bits per heavy atom. The number of halogens is 1. The van der Waals surface area contributed by atoms with Gasteiger partial charge in [0.05, 0.1) is 11.0 Å². The van der Waals surface area contributed by atoms with Gasteiger partial charge in [-0.15, -0.1) is 17.0 Å². The number of para-hydroxylation sites is 2. The number of fused-ring (bicyclic) bond motifs is 1. The van der Waals surface area contributed by atoms with Gasteiger partial charge in [0.1, 0.15) is 5.82 Å². The molecular weight excluding hydrogens is 300 g/mol. The lowest BCUT2D eigenvalue weighted by Gasteiger charge is -1.99. The molecule has 0 aliphatic heterocycles. The van der Waals surface area contributed by atoms with Crippen molar-refractivity contribution in [3.63, 3.8) is 0 Å². The molecule has 2 aromatic rings. The maximum atomic E-state index is 4.60. The number of nitrogens with zero attached hydrogens (tertiary/aromatic N) is 1. The fourth-order valence-corrected chi connectivity index (χ4v) is 2.37. The van der Waals surface area contributed by atoms with Crippen molar-refractivity contribution in [3.8, 4) is 0 Å². The summed E-state index contributed by atoms with van der Waals surface area (Å²) < 4.78 is 0. The van der Waals surface area contributed by atoms with Crippen molar-refractivity contribution in [2.75, 3.05) is 0 Å². The van der Waals surface area contributed by atoms with Crippen LogP contribution in [0.1, 0.15) is 57.7 Å². The zero-order chi connectivity index (χ0) is 12.6. The van der Waals surface area contributed by atoms with E-state index in [9.17, 15) is 0 Å². The van der Waals surface area contributed by atoms with E-state index in [0.717, 1.165) is 23.3 Å². The summed E-state index contributed by atoms with van der Waals surface area (Å²) in [5.41, 5.74) is 2.26. The highest BCUT2D eigenvalue weighted by Crippen LogP contribution is 2.13. The second kappa shape index (κ2) is 9.13. The Kier molecular flexibility index (Phi) is 7.80. The van der Waals surface area contributed by atoms with Crippen LogP contribution >= 0.6 is 17.0 Å². The topological polar surface area (TPSA) is 28.7 Å². The van der Waals surface area contributed by atoms with Crippen LogP contribution in [0.25, 0.3) is 11.0 Å². The Balaban J connectivity index is 0.00000180. The summed E-state index contributed by atoms with van der Waals surface area (Å²) >= 11 is 0. The summed E-state index contributed by atoms with van der Waals surface area (Å²) in [6, 6.07) is 8.26. The summed E-state index contributed by atoms with van der Waals surface area (Å²) in [4.78, 5) is 8.00. The summed E-state index contributed by atoms with van der Waals surface area (Å²) in [6.07, 6.45) is 10.6.